The zero-order chi connectivity index (χ0) is 10.9. The SMILES string of the molecule is CCc1nn(CC)c(C(C)(C)C)c1O. The molecule has 0 aliphatic carbocycles. The molecule has 1 N–H and O–H groups in total. The molecule has 0 fully saturated rings. The minimum absolute atomic E-state index is 0.0550. The lowest BCUT2D eigenvalue weighted by molar-refractivity contribution is 0.425. The van der Waals surface area contributed by atoms with Crippen molar-refractivity contribution in [1.29, 1.82) is 0 Å². The van der Waals surface area contributed by atoms with Gasteiger partial charge >= 0.3 is 0 Å². The van der Waals surface area contributed by atoms with Gasteiger partial charge in [-0.25, -0.2) is 0 Å². The van der Waals surface area contributed by atoms with Crippen molar-refractivity contribution < 1.29 is 5.11 Å². The molecule has 0 unspecified atom stereocenters. The van der Waals surface area contributed by atoms with Crippen LogP contribution in [-0.4, -0.2) is 14.9 Å². The van der Waals surface area contributed by atoms with E-state index in [1.807, 2.05) is 18.5 Å². The molecule has 0 spiro atoms. The molecule has 80 valence electrons. The minimum atomic E-state index is -0.0550. The molecule has 3 heteroatoms. The van der Waals surface area contributed by atoms with E-state index in [4.69, 9.17) is 0 Å². The fourth-order valence-corrected chi connectivity index (χ4v) is 1.71. The third-order valence-electron chi connectivity index (χ3n) is 2.34. The zero-order valence-electron chi connectivity index (χ0n) is 9.76. The molecule has 0 atom stereocenters. The average molecular weight is 196 g/mol. The number of rotatable bonds is 2. The first kappa shape index (κ1) is 11.1. The van der Waals surface area contributed by atoms with Gasteiger partial charge in [0.1, 0.15) is 5.69 Å². The van der Waals surface area contributed by atoms with Gasteiger partial charge in [0.2, 0.25) is 0 Å². The summed E-state index contributed by atoms with van der Waals surface area (Å²) in [5.74, 6) is 0.377. The van der Waals surface area contributed by atoms with Crippen molar-refractivity contribution >= 4 is 0 Å². The van der Waals surface area contributed by atoms with Crippen LogP contribution in [0.25, 0.3) is 0 Å². The Morgan fingerprint density at radius 2 is 1.86 bits per heavy atom. The van der Waals surface area contributed by atoms with Crippen molar-refractivity contribution in [3.63, 3.8) is 0 Å². The van der Waals surface area contributed by atoms with E-state index in [0.717, 1.165) is 24.4 Å². The van der Waals surface area contributed by atoms with E-state index in [1.165, 1.54) is 0 Å². The quantitative estimate of drug-likeness (QED) is 0.789. The fourth-order valence-electron chi connectivity index (χ4n) is 1.71. The van der Waals surface area contributed by atoms with Crippen molar-refractivity contribution in [1.82, 2.24) is 9.78 Å². The summed E-state index contributed by atoms with van der Waals surface area (Å²) in [4.78, 5) is 0. The summed E-state index contributed by atoms with van der Waals surface area (Å²) < 4.78 is 1.90. The second kappa shape index (κ2) is 3.64. The Labute approximate surface area is 85.8 Å². The van der Waals surface area contributed by atoms with Gasteiger partial charge in [0.15, 0.2) is 5.75 Å². The smallest absolute Gasteiger partial charge is 0.160 e. The maximum Gasteiger partial charge on any atom is 0.160 e. The van der Waals surface area contributed by atoms with Crippen LogP contribution in [0.4, 0.5) is 0 Å². The Bertz CT molecular complexity index is 321. The summed E-state index contributed by atoms with van der Waals surface area (Å²) in [5, 5.41) is 14.4. The lowest BCUT2D eigenvalue weighted by Gasteiger charge is -2.19. The minimum Gasteiger partial charge on any atom is -0.504 e. The summed E-state index contributed by atoms with van der Waals surface area (Å²) in [5.41, 5.74) is 1.69. The van der Waals surface area contributed by atoms with Crippen LogP contribution in [0.2, 0.25) is 0 Å². The average Bonchev–Trinajstić information content (AvgIpc) is 2.40. The van der Waals surface area contributed by atoms with Gasteiger partial charge in [0.05, 0.1) is 5.69 Å². The molecular formula is C11H20N2O. The molecule has 0 radical (unpaired) electrons. The van der Waals surface area contributed by atoms with Crippen LogP contribution < -0.4 is 0 Å². The van der Waals surface area contributed by atoms with E-state index in [1.54, 1.807) is 0 Å². The predicted molar refractivity (Wildman–Crippen MR) is 57.6 cm³/mol. The predicted octanol–water partition coefficient (Wildman–Crippen LogP) is 2.47. The van der Waals surface area contributed by atoms with E-state index >= 15 is 0 Å². The molecule has 0 amide bonds. The molecule has 1 aromatic heterocycles. The summed E-state index contributed by atoms with van der Waals surface area (Å²) >= 11 is 0. The Hall–Kier alpha value is -0.990. The Morgan fingerprint density at radius 1 is 1.29 bits per heavy atom. The Morgan fingerprint density at radius 3 is 2.14 bits per heavy atom. The van der Waals surface area contributed by atoms with Gasteiger partial charge < -0.3 is 5.11 Å². The molecule has 0 bridgehead atoms. The van der Waals surface area contributed by atoms with Crippen LogP contribution in [0.15, 0.2) is 0 Å². The maximum atomic E-state index is 9.99. The number of aromatic nitrogens is 2. The third-order valence-corrected chi connectivity index (χ3v) is 2.34. The van der Waals surface area contributed by atoms with Gasteiger partial charge in [0, 0.05) is 12.0 Å². The summed E-state index contributed by atoms with van der Waals surface area (Å²) in [6.07, 6.45) is 0.780. The molecule has 0 saturated carbocycles. The van der Waals surface area contributed by atoms with Gasteiger partial charge in [-0.15, -0.1) is 0 Å². The van der Waals surface area contributed by atoms with Crippen molar-refractivity contribution in [2.24, 2.45) is 0 Å². The van der Waals surface area contributed by atoms with Gasteiger partial charge in [-0.1, -0.05) is 27.7 Å². The molecule has 1 heterocycles. The van der Waals surface area contributed by atoms with Crippen LogP contribution in [0.1, 0.15) is 46.0 Å². The molecule has 0 saturated heterocycles. The fraction of sp³-hybridized carbons (Fsp3) is 0.727. The number of nitrogens with zero attached hydrogens (tertiary/aromatic N) is 2. The number of aryl methyl sites for hydroxylation is 2. The first-order chi connectivity index (χ1) is 6.41. The first-order valence-corrected chi connectivity index (χ1v) is 5.20. The molecule has 3 nitrogen and oxygen atoms in total. The Kier molecular flexibility index (Phi) is 2.88. The first-order valence-electron chi connectivity index (χ1n) is 5.20. The van der Waals surface area contributed by atoms with Gasteiger partial charge in [-0.3, -0.25) is 4.68 Å². The van der Waals surface area contributed by atoms with Crippen molar-refractivity contribution in [3.05, 3.63) is 11.4 Å². The van der Waals surface area contributed by atoms with Crippen molar-refractivity contribution in [3.8, 4) is 5.75 Å². The highest BCUT2D eigenvalue weighted by Crippen LogP contribution is 2.33. The van der Waals surface area contributed by atoms with E-state index in [-0.39, 0.29) is 5.41 Å². The standard InChI is InChI=1S/C11H20N2O/c1-6-8-9(14)10(11(3,4)5)13(7-2)12-8/h14H,6-7H2,1-5H3. The monoisotopic (exact) mass is 196 g/mol. The molecule has 1 rings (SSSR count). The van der Waals surface area contributed by atoms with E-state index < -0.39 is 0 Å². The lowest BCUT2D eigenvalue weighted by atomic mass is 9.91. The van der Waals surface area contributed by atoms with Crippen LogP contribution in [0, 0.1) is 0 Å². The molecule has 0 aliphatic rings. The number of hydrogen-bond donors (Lipinski definition) is 1. The molecule has 0 aromatic carbocycles. The number of aromatic hydroxyl groups is 1. The van der Waals surface area contributed by atoms with Crippen LogP contribution >= 0.6 is 0 Å². The molecule has 14 heavy (non-hydrogen) atoms. The summed E-state index contributed by atoms with van der Waals surface area (Å²) in [7, 11) is 0. The van der Waals surface area contributed by atoms with Gasteiger partial charge in [-0.05, 0) is 13.3 Å². The van der Waals surface area contributed by atoms with Gasteiger partial charge in [0.25, 0.3) is 0 Å². The van der Waals surface area contributed by atoms with Crippen LogP contribution in [0.5, 0.6) is 5.75 Å². The topological polar surface area (TPSA) is 38.0 Å². The van der Waals surface area contributed by atoms with Crippen molar-refractivity contribution in [2.75, 3.05) is 0 Å². The van der Waals surface area contributed by atoms with Gasteiger partial charge in [-0.2, -0.15) is 5.10 Å². The maximum absolute atomic E-state index is 9.99. The highest BCUT2D eigenvalue weighted by molar-refractivity contribution is 5.36. The largest absolute Gasteiger partial charge is 0.504 e. The normalized spacial score (nSPS) is 12.1. The molecule has 1 aromatic rings. The lowest BCUT2D eigenvalue weighted by Crippen LogP contribution is -2.18. The highest BCUT2D eigenvalue weighted by Gasteiger charge is 2.25. The van der Waals surface area contributed by atoms with Crippen molar-refractivity contribution in [2.45, 2.75) is 53.0 Å². The second-order valence-electron chi connectivity index (χ2n) is 4.56. The highest BCUT2D eigenvalue weighted by atomic mass is 16.3. The van der Waals surface area contributed by atoms with E-state index in [2.05, 4.69) is 25.9 Å². The molecular weight excluding hydrogens is 176 g/mol. The van der Waals surface area contributed by atoms with Crippen LogP contribution in [0.3, 0.4) is 0 Å². The second-order valence-corrected chi connectivity index (χ2v) is 4.56. The van der Waals surface area contributed by atoms with E-state index in [0.29, 0.717) is 5.75 Å². The Balaban J connectivity index is 3.32. The summed E-state index contributed by atoms with van der Waals surface area (Å²) in [6, 6.07) is 0. The summed E-state index contributed by atoms with van der Waals surface area (Å²) in [6.45, 7) is 11.1. The van der Waals surface area contributed by atoms with E-state index in [9.17, 15) is 5.11 Å². The van der Waals surface area contributed by atoms with Crippen LogP contribution in [-0.2, 0) is 18.4 Å². The third kappa shape index (κ3) is 1.76. The number of hydrogen-bond acceptors (Lipinski definition) is 2. The molecule has 0 aliphatic heterocycles. The zero-order valence-corrected chi connectivity index (χ0v) is 9.76.